The molecule has 0 spiro atoms. The van der Waals surface area contributed by atoms with Crippen LogP contribution in [0, 0.1) is 0 Å². The highest BCUT2D eigenvalue weighted by molar-refractivity contribution is 5.48. The van der Waals surface area contributed by atoms with Crippen LogP contribution >= 0.6 is 0 Å². The maximum atomic E-state index is 6.01. The van der Waals surface area contributed by atoms with Crippen LogP contribution in [-0.4, -0.2) is 48.2 Å². The van der Waals surface area contributed by atoms with E-state index in [1.165, 1.54) is 25.8 Å². The molecule has 1 unspecified atom stereocenters. The summed E-state index contributed by atoms with van der Waals surface area (Å²) in [6.07, 6.45) is 7.38. The number of hydrogen-bond acceptors (Lipinski definition) is 5. The lowest BCUT2D eigenvalue weighted by atomic mass is 10.0. The number of likely N-dealkylation sites (N-methyl/N-ethyl adjacent to an activating group) is 1. The van der Waals surface area contributed by atoms with Crippen LogP contribution in [0.2, 0.25) is 0 Å². The first-order valence-electron chi connectivity index (χ1n) is 7.61. The average molecular weight is 278 g/mol. The van der Waals surface area contributed by atoms with Crippen LogP contribution in [0.3, 0.4) is 0 Å². The third-order valence-electron chi connectivity index (χ3n) is 3.98. The molecule has 0 saturated carbocycles. The van der Waals surface area contributed by atoms with E-state index < -0.39 is 0 Å². The van der Waals surface area contributed by atoms with E-state index in [1.807, 2.05) is 7.05 Å². The van der Waals surface area contributed by atoms with Gasteiger partial charge in [0.1, 0.15) is 18.8 Å². The number of anilines is 1. The number of aromatic nitrogens is 2. The van der Waals surface area contributed by atoms with Gasteiger partial charge in [-0.15, -0.1) is 0 Å². The molecule has 2 heterocycles. The molecule has 5 heteroatoms. The van der Waals surface area contributed by atoms with Gasteiger partial charge >= 0.3 is 0 Å². The summed E-state index contributed by atoms with van der Waals surface area (Å²) in [6, 6.07) is 0.506. The fraction of sp³-hybridized carbons (Fsp3) is 0.733. The fourth-order valence-electron chi connectivity index (χ4n) is 2.74. The second-order valence-electron chi connectivity index (χ2n) is 5.45. The first-order valence-corrected chi connectivity index (χ1v) is 7.61. The molecule has 2 rings (SSSR count). The number of ether oxygens (including phenoxy) is 1. The van der Waals surface area contributed by atoms with E-state index in [2.05, 4.69) is 34.2 Å². The summed E-state index contributed by atoms with van der Waals surface area (Å²) in [7, 11) is 4.07. The molecule has 5 nitrogen and oxygen atoms in total. The Hall–Kier alpha value is -1.36. The Balaban J connectivity index is 2.04. The predicted octanol–water partition coefficient (Wildman–Crippen LogP) is 2.33. The van der Waals surface area contributed by atoms with Gasteiger partial charge in [0.25, 0.3) is 0 Å². The molecule has 1 fully saturated rings. The highest BCUT2D eigenvalue weighted by Crippen LogP contribution is 2.24. The lowest BCUT2D eigenvalue weighted by Crippen LogP contribution is -2.40. The van der Waals surface area contributed by atoms with Crippen LogP contribution in [0.4, 0.5) is 5.82 Å². The van der Waals surface area contributed by atoms with Crippen molar-refractivity contribution in [2.45, 2.75) is 45.1 Å². The van der Waals surface area contributed by atoms with Crippen molar-refractivity contribution < 1.29 is 4.74 Å². The normalized spacial score (nSPS) is 19.9. The third kappa shape index (κ3) is 3.60. The maximum absolute atomic E-state index is 6.01. The summed E-state index contributed by atoms with van der Waals surface area (Å²) < 4.78 is 6.01. The zero-order valence-electron chi connectivity index (χ0n) is 12.9. The van der Waals surface area contributed by atoms with Crippen molar-refractivity contribution in [3.8, 4) is 5.88 Å². The molecule has 1 saturated heterocycles. The summed E-state index contributed by atoms with van der Waals surface area (Å²) >= 11 is 0. The molecule has 1 aliphatic rings. The standard InChI is InChI=1S/C15H26N4O/c1-4-7-13-14(16-2)17-11-18-15(13)20-10-12-8-5-6-9-19(12)3/h11-12H,4-10H2,1-3H3,(H,16,17,18). The zero-order valence-corrected chi connectivity index (χ0v) is 12.9. The minimum Gasteiger partial charge on any atom is -0.476 e. The third-order valence-corrected chi connectivity index (χ3v) is 3.98. The predicted molar refractivity (Wildman–Crippen MR) is 81.3 cm³/mol. The lowest BCUT2D eigenvalue weighted by Gasteiger charge is -2.32. The Bertz CT molecular complexity index is 424. The van der Waals surface area contributed by atoms with Crippen molar-refractivity contribution in [2.75, 3.05) is 32.6 Å². The Morgan fingerprint density at radius 1 is 1.40 bits per heavy atom. The molecule has 0 amide bonds. The van der Waals surface area contributed by atoms with E-state index in [-0.39, 0.29) is 0 Å². The SMILES string of the molecule is CCCc1c(NC)ncnc1OCC1CCCCN1C. The van der Waals surface area contributed by atoms with E-state index in [0.29, 0.717) is 12.6 Å². The van der Waals surface area contributed by atoms with Crippen molar-refractivity contribution in [1.82, 2.24) is 14.9 Å². The number of rotatable bonds is 6. The van der Waals surface area contributed by atoms with Crippen LogP contribution < -0.4 is 10.1 Å². The molecule has 1 atom stereocenters. The topological polar surface area (TPSA) is 50.3 Å². The highest BCUT2D eigenvalue weighted by atomic mass is 16.5. The summed E-state index contributed by atoms with van der Waals surface area (Å²) in [6.45, 7) is 4.04. The molecule has 0 bridgehead atoms. The number of likely N-dealkylation sites (tertiary alicyclic amines) is 1. The van der Waals surface area contributed by atoms with Gasteiger partial charge in [-0.25, -0.2) is 9.97 Å². The van der Waals surface area contributed by atoms with Crippen LogP contribution in [-0.2, 0) is 6.42 Å². The van der Waals surface area contributed by atoms with Crippen molar-refractivity contribution in [2.24, 2.45) is 0 Å². The Labute approximate surface area is 121 Å². The van der Waals surface area contributed by atoms with Crippen LogP contribution in [0.25, 0.3) is 0 Å². The number of nitrogens with zero attached hydrogens (tertiary/aromatic N) is 3. The summed E-state index contributed by atoms with van der Waals surface area (Å²) in [5, 5.41) is 3.13. The largest absolute Gasteiger partial charge is 0.476 e. The Morgan fingerprint density at radius 3 is 2.95 bits per heavy atom. The Morgan fingerprint density at radius 2 is 2.25 bits per heavy atom. The molecule has 0 aliphatic carbocycles. The quantitative estimate of drug-likeness (QED) is 0.865. The van der Waals surface area contributed by atoms with Crippen molar-refractivity contribution in [3.05, 3.63) is 11.9 Å². The monoisotopic (exact) mass is 278 g/mol. The van der Waals surface area contributed by atoms with Crippen molar-refractivity contribution >= 4 is 5.82 Å². The van der Waals surface area contributed by atoms with E-state index in [9.17, 15) is 0 Å². The summed E-state index contributed by atoms with van der Waals surface area (Å²) in [4.78, 5) is 11.0. The van der Waals surface area contributed by atoms with Gasteiger partial charge in [0.15, 0.2) is 0 Å². The number of hydrogen-bond donors (Lipinski definition) is 1. The Kier molecular flexibility index (Phi) is 5.59. The van der Waals surface area contributed by atoms with Gasteiger partial charge in [-0.1, -0.05) is 19.8 Å². The number of nitrogens with one attached hydrogen (secondary N) is 1. The summed E-state index contributed by atoms with van der Waals surface area (Å²) in [5.74, 6) is 1.62. The second kappa shape index (κ2) is 7.43. The number of piperidine rings is 1. The maximum Gasteiger partial charge on any atom is 0.221 e. The molecule has 1 aromatic rings. The minimum atomic E-state index is 0.506. The van der Waals surface area contributed by atoms with E-state index >= 15 is 0 Å². The molecule has 1 aliphatic heterocycles. The highest BCUT2D eigenvalue weighted by Gasteiger charge is 2.20. The molecule has 1 N–H and O–H groups in total. The zero-order chi connectivity index (χ0) is 14.4. The van der Waals surface area contributed by atoms with Crippen LogP contribution in [0.5, 0.6) is 5.88 Å². The fourth-order valence-corrected chi connectivity index (χ4v) is 2.74. The van der Waals surface area contributed by atoms with Crippen molar-refractivity contribution in [1.29, 1.82) is 0 Å². The van der Waals surface area contributed by atoms with Gasteiger partial charge in [-0.05, 0) is 32.9 Å². The molecule has 1 aromatic heterocycles. The van der Waals surface area contributed by atoms with Gasteiger partial charge in [-0.3, -0.25) is 0 Å². The van der Waals surface area contributed by atoms with Crippen molar-refractivity contribution in [3.63, 3.8) is 0 Å². The van der Waals surface area contributed by atoms with E-state index in [0.717, 1.165) is 30.1 Å². The van der Waals surface area contributed by atoms with Gasteiger partial charge in [-0.2, -0.15) is 0 Å². The van der Waals surface area contributed by atoms with E-state index in [1.54, 1.807) is 6.33 Å². The molecule has 0 radical (unpaired) electrons. The average Bonchev–Trinajstić information content (AvgIpc) is 2.47. The molecular weight excluding hydrogens is 252 g/mol. The van der Waals surface area contributed by atoms with Gasteiger partial charge < -0.3 is 15.0 Å². The lowest BCUT2D eigenvalue weighted by molar-refractivity contribution is 0.122. The molecule has 112 valence electrons. The second-order valence-corrected chi connectivity index (χ2v) is 5.45. The first-order chi connectivity index (χ1) is 9.76. The van der Waals surface area contributed by atoms with Crippen LogP contribution in [0.15, 0.2) is 6.33 Å². The van der Waals surface area contributed by atoms with E-state index in [4.69, 9.17) is 4.74 Å². The van der Waals surface area contributed by atoms with Crippen LogP contribution in [0.1, 0.15) is 38.2 Å². The van der Waals surface area contributed by atoms with Gasteiger partial charge in [0, 0.05) is 13.1 Å². The molecule has 20 heavy (non-hydrogen) atoms. The summed E-state index contributed by atoms with van der Waals surface area (Å²) in [5.41, 5.74) is 1.09. The minimum absolute atomic E-state index is 0.506. The first kappa shape index (κ1) is 15.0. The van der Waals surface area contributed by atoms with Gasteiger partial charge in [0.05, 0.1) is 5.56 Å². The molecular formula is C15H26N4O. The smallest absolute Gasteiger partial charge is 0.221 e. The van der Waals surface area contributed by atoms with Gasteiger partial charge in [0.2, 0.25) is 5.88 Å². The molecule has 0 aromatic carbocycles.